The largest absolute Gasteiger partial charge is 0.442 e. The van der Waals surface area contributed by atoms with Gasteiger partial charge in [-0.2, -0.15) is 0 Å². The van der Waals surface area contributed by atoms with Crippen LogP contribution in [0.2, 0.25) is 0 Å². The molecule has 5 heteroatoms. The molecule has 0 amide bonds. The standard InChI is InChI=1S/C12H12N2O3/c1-8(2)14-11(13-17-12(14)16)10-5-3-4-9(6-10)7-15/h3-8H,1-2H3. The molecule has 1 aromatic heterocycles. The van der Waals surface area contributed by atoms with Crippen LogP contribution in [0.3, 0.4) is 0 Å². The molecule has 0 saturated heterocycles. The van der Waals surface area contributed by atoms with Gasteiger partial charge in [0.05, 0.1) is 0 Å². The number of nitrogens with zero attached hydrogens (tertiary/aromatic N) is 2. The molecule has 0 N–H and O–H groups in total. The molecule has 88 valence electrons. The summed E-state index contributed by atoms with van der Waals surface area (Å²) in [5, 5.41) is 3.74. The molecule has 1 aromatic carbocycles. The number of hydrogen-bond donors (Lipinski definition) is 0. The van der Waals surface area contributed by atoms with Crippen LogP contribution in [0.5, 0.6) is 0 Å². The molecule has 17 heavy (non-hydrogen) atoms. The van der Waals surface area contributed by atoms with Gasteiger partial charge in [0, 0.05) is 17.2 Å². The highest BCUT2D eigenvalue weighted by molar-refractivity contribution is 5.77. The van der Waals surface area contributed by atoms with E-state index in [1.165, 1.54) is 4.57 Å². The second-order valence-corrected chi connectivity index (χ2v) is 3.98. The minimum absolute atomic E-state index is 0.0522. The summed E-state index contributed by atoms with van der Waals surface area (Å²) in [6.07, 6.45) is 0.751. The molecule has 0 radical (unpaired) electrons. The molecule has 0 bridgehead atoms. The average molecular weight is 232 g/mol. The topological polar surface area (TPSA) is 65.1 Å². The third kappa shape index (κ3) is 2.04. The summed E-state index contributed by atoms with van der Waals surface area (Å²) in [6, 6.07) is 6.83. The van der Waals surface area contributed by atoms with Gasteiger partial charge in [0.15, 0.2) is 5.82 Å². The van der Waals surface area contributed by atoms with Gasteiger partial charge >= 0.3 is 5.76 Å². The Hall–Kier alpha value is -2.17. The maximum absolute atomic E-state index is 11.5. The minimum atomic E-state index is -0.494. The smallest absolute Gasteiger partial charge is 0.298 e. The highest BCUT2D eigenvalue weighted by Gasteiger charge is 2.15. The quantitative estimate of drug-likeness (QED) is 0.758. The number of aromatic nitrogens is 2. The fourth-order valence-corrected chi connectivity index (χ4v) is 1.65. The Kier molecular flexibility index (Phi) is 2.91. The summed E-state index contributed by atoms with van der Waals surface area (Å²) in [4.78, 5) is 22.2. The highest BCUT2D eigenvalue weighted by Crippen LogP contribution is 2.19. The van der Waals surface area contributed by atoms with Gasteiger partial charge in [-0.3, -0.25) is 13.9 Å². The van der Waals surface area contributed by atoms with E-state index < -0.39 is 5.76 Å². The van der Waals surface area contributed by atoms with Crippen LogP contribution in [-0.2, 0) is 0 Å². The number of rotatable bonds is 3. The van der Waals surface area contributed by atoms with Crippen LogP contribution in [0.25, 0.3) is 11.4 Å². The van der Waals surface area contributed by atoms with E-state index in [1.807, 2.05) is 13.8 Å². The van der Waals surface area contributed by atoms with Gasteiger partial charge in [-0.25, -0.2) is 4.79 Å². The van der Waals surface area contributed by atoms with Crippen molar-refractivity contribution in [1.82, 2.24) is 9.72 Å². The minimum Gasteiger partial charge on any atom is -0.298 e. The molecule has 0 unspecified atom stereocenters. The monoisotopic (exact) mass is 232 g/mol. The third-order valence-corrected chi connectivity index (χ3v) is 2.43. The molecule has 0 fully saturated rings. The molecule has 5 nitrogen and oxygen atoms in total. The summed E-state index contributed by atoms with van der Waals surface area (Å²) in [6.45, 7) is 3.73. The number of aldehydes is 1. The van der Waals surface area contributed by atoms with E-state index in [4.69, 9.17) is 0 Å². The van der Waals surface area contributed by atoms with E-state index >= 15 is 0 Å². The molecule has 2 rings (SSSR count). The van der Waals surface area contributed by atoms with Crippen LogP contribution in [0.4, 0.5) is 0 Å². The number of carbonyl (C=O) groups excluding carboxylic acids is 1. The van der Waals surface area contributed by atoms with E-state index in [0.29, 0.717) is 17.0 Å². The van der Waals surface area contributed by atoms with Crippen molar-refractivity contribution >= 4 is 6.29 Å². The van der Waals surface area contributed by atoms with Gasteiger partial charge in [-0.05, 0) is 19.9 Å². The molecule has 0 aliphatic carbocycles. The van der Waals surface area contributed by atoms with Crippen LogP contribution in [0, 0.1) is 0 Å². The van der Waals surface area contributed by atoms with Crippen molar-refractivity contribution in [2.45, 2.75) is 19.9 Å². The van der Waals surface area contributed by atoms with Crippen LogP contribution < -0.4 is 5.76 Å². The molecule has 1 heterocycles. The fraction of sp³-hybridized carbons (Fsp3) is 0.250. The normalized spacial score (nSPS) is 10.8. The van der Waals surface area contributed by atoms with E-state index in [-0.39, 0.29) is 6.04 Å². The first-order chi connectivity index (χ1) is 8.13. The summed E-state index contributed by atoms with van der Waals surface area (Å²) in [7, 11) is 0. The zero-order chi connectivity index (χ0) is 12.4. The first-order valence-corrected chi connectivity index (χ1v) is 5.27. The molecule has 0 saturated carbocycles. The Morgan fingerprint density at radius 3 is 2.82 bits per heavy atom. The second-order valence-electron chi connectivity index (χ2n) is 3.98. The van der Waals surface area contributed by atoms with Crippen molar-refractivity contribution < 1.29 is 9.32 Å². The van der Waals surface area contributed by atoms with E-state index in [1.54, 1.807) is 24.3 Å². The van der Waals surface area contributed by atoms with E-state index in [2.05, 4.69) is 9.68 Å². The maximum atomic E-state index is 11.5. The fourth-order valence-electron chi connectivity index (χ4n) is 1.65. The van der Waals surface area contributed by atoms with Gasteiger partial charge in [0.2, 0.25) is 0 Å². The van der Waals surface area contributed by atoms with Crippen LogP contribution in [0.1, 0.15) is 30.2 Å². The molecule has 0 atom stereocenters. The second kappa shape index (κ2) is 4.37. The van der Waals surface area contributed by atoms with E-state index in [9.17, 15) is 9.59 Å². The lowest BCUT2D eigenvalue weighted by Crippen LogP contribution is -2.17. The van der Waals surface area contributed by atoms with E-state index in [0.717, 1.165) is 6.29 Å². The first kappa shape index (κ1) is 11.3. The zero-order valence-electron chi connectivity index (χ0n) is 9.58. The number of hydrogen-bond acceptors (Lipinski definition) is 4. The summed E-state index contributed by atoms with van der Waals surface area (Å²) >= 11 is 0. The van der Waals surface area contributed by atoms with Crippen molar-refractivity contribution in [2.24, 2.45) is 0 Å². The highest BCUT2D eigenvalue weighted by atomic mass is 16.5. The predicted octanol–water partition coefficient (Wildman–Crippen LogP) is 1.90. The molecule has 2 aromatic rings. The zero-order valence-corrected chi connectivity index (χ0v) is 9.58. The SMILES string of the molecule is CC(C)n1c(-c2cccc(C=O)c2)noc1=O. The third-order valence-electron chi connectivity index (χ3n) is 2.43. The lowest BCUT2D eigenvalue weighted by molar-refractivity contribution is 0.112. The van der Waals surface area contributed by atoms with Crippen molar-refractivity contribution in [1.29, 1.82) is 0 Å². The Morgan fingerprint density at radius 2 is 2.18 bits per heavy atom. The number of carbonyl (C=O) groups is 1. The number of benzene rings is 1. The van der Waals surface area contributed by atoms with Crippen LogP contribution in [0.15, 0.2) is 33.6 Å². The Bertz CT molecular complexity index is 596. The van der Waals surface area contributed by atoms with Crippen molar-refractivity contribution in [3.05, 3.63) is 40.4 Å². The molecular formula is C12H12N2O3. The van der Waals surface area contributed by atoms with Gasteiger partial charge in [0.25, 0.3) is 0 Å². The molecule has 0 aliphatic heterocycles. The molecule has 0 spiro atoms. The van der Waals surface area contributed by atoms with Gasteiger partial charge < -0.3 is 0 Å². The molecular weight excluding hydrogens is 220 g/mol. The average Bonchev–Trinajstić information content (AvgIpc) is 2.71. The lowest BCUT2D eigenvalue weighted by Gasteiger charge is -2.07. The Balaban J connectivity index is 2.60. The molecule has 0 aliphatic rings. The van der Waals surface area contributed by atoms with Crippen molar-refractivity contribution in [2.75, 3.05) is 0 Å². The summed E-state index contributed by atoms with van der Waals surface area (Å²) < 4.78 is 6.10. The summed E-state index contributed by atoms with van der Waals surface area (Å²) in [5.41, 5.74) is 1.22. The van der Waals surface area contributed by atoms with Gasteiger partial charge in [-0.1, -0.05) is 23.4 Å². The Labute approximate surface area is 97.7 Å². The summed E-state index contributed by atoms with van der Waals surface area (Å²) in [5.74, 6) is -0.0554. The van der Waals surface area contributed by atoms with Crippen molar-refractivity contribution in [3.63, 3.8) is 0 Å². The lowest BCUT2D eigenvalue weighted by atomic mass is 10.1. The predicted molar refractivity (Wildman–Crippen MR) is 62.0 cm³/mol. The Morgan fingerprint density at radius 1 is 1.41 bits per heavy atom. The van der Waals surface area contributed by atoms with Crippen molar-refractivity contribution in [3.8, 4) is 11.4 Å². The first-order valence-electron chi connectivity index (χ1n) is 5.27. The maximum Gasteiger partial charge on any atom is 0.442 e. The van der Waals surface area contributed by atoms with Gasteiger partial charge in [-0.15, -0.1) is 0 Å². The van der Waals surface area contributed by atoms with Gasteiger partial charge in [0.1, 0.15) is 6.29 Å². The van der Waals surface area contributed by atoms with Crippen LogP contribution >= 0.6 is 0 Å². The van der Waals surface area contributed by atoms with Crippen LogP contribution in [-0.4, -0.2) is 16.0 Å².